The lowest BCUT2D eigenvalue weighted by Gasteiger charge is -2.09. The van der Waals surface area contributed by atoms with Crippen molar-refractivity contribution in [1.29, 1.82) is 0 Å². The second-order valence-electron chi connectivity index (χ2n) is 3.16. The molecule has 3 nitrogen and oxygen atoms in total. The molecule has 1 heterocycles. The minimum absolute atomic E-state index is 0.0768. The number of aliphatic hydroxyl groups excluding tert-OH is 1. The van der Waals surface area contributed by atoms with E-state index in [0.29, 0.717) is 11.4 Å². The predicted molar refractivity (Wildman–Crippen MR) is 69.4 cm³/mol. The van der Waals surface area contributed by atoms with E-state index in [2.05, 4.69) is 27.6 Å². The van der Waals surface area contributed by atoms with E-state index in [1.807, 2.05) is 24.3 Å². The van der Waals surface area contributed by atoms with Crippen molar-refractivity contribution in [2.45, 2.75) is 6.61 Å². The van der Waals surface area contributed by atoms with Crippen molar-refractivity contribution in [3.05, 3.63) is 51.7 Å². The quantitative estimate of drug-likeness (QED) is 0.882. The average molecular weight is 327 g/mol. The molecule has 0 aliphatic carbocycles. The summed E-state index contributed by atoms with van der Waals surface area (Å²) in [6, 6.07) is 11.2. The molecule has 1 N–H and O–H groups in total. The zero-order chi connectivity index (χ0) is 11.4. The highest BCUT2D eigenvalue weighted by Crippen LogP contribution is 2.26. The molecular formula is C12H10INO2. The molecule has 0 unspecified atom stereocenters. The Morgan fingerprint density at radius 3 is 2.75 bits per heavy atom. The van der Waals surface area contributed by atoms with Gasteiger partial charge in [0.15, 0.2) is 0 Å². The first-order chi connectivity index (χ1) is 7.81. The first-order valence-corrected chi connectivity index (χ1v) is 5.86. The van der Waals surface area contributed by atoms with Crippen molar-refractivity contribution >= 4 is 22.6 Å². The van der Waals surface area contributed by atoms with Gasteiger partial charge in [-0.15, -0.1) is 0 Å². The fourth-order valence-corrected chi connectivity index (χ4v) is 1.77. The molecule has 0 bridgehead atoms. The third-order valence-electron chi connectivity index (χ3n) is 2.06. The molecule has 2 aromatic rings. The van der Waals surface area contributed by atoms with Crippen LogP contribution in [0.4, 0.5) is 0 Å². The Morgan fingerprint density at radius 1 is 1.19 bits per heavy atom. The monoisotopic (exact) mass is 327 g/mol. The zero-order valence-electron chi connectivity index (χ0n) is 8.43. The molecule has 0 atom stereocenters. The van der Waals surface area contributed by atoms with Gasteiger partial charge in [0, 0.05) is 11.8 Å². The number of hydrogen-bond acceptors (Lipinski definition) is 3. The highest BCUT2D eigenvalue weighted by molar-refractivity contribution is 14.1. The summed E-state index contributed by atoms with van der Waals surface area (Å²) in [4.78, 5) is 4.10. The van der Waals surface area contributed by atoms with E-state index in [9.17, 15) is 0 Å². The third-order valence-corrected chi connectivity index (χ3v) is 2.95. The molecule has 0 saturated carbocycles. The summed E-state index contributed by atoms with van der Waals surface area (Å²) in [5, 5.41) is 9.14. The first-order valence-electron chi connectivity index (χ1n) is 4.78. The molecular weight excluding hydrogens is 317 g/mol. The van der Waals surface area contributed by atoms with Crippen LogP contribution in [0.5, 0.6) is 11.6 Å². The molecule has 0 aliphatic heterocycles. The molecule has 0 saturated heterocycles. The van der Waals surface area contributed by atoms with Crippen molar-refractivity contribution in [3.8, 4) is 11.6 Å². The van der Waals surface area contributed by atoms with Gasteiger partial charge >= 0.3 is 0 Å². The zero-order valence-corrected chi connectivity index (χ0v) is 10.6. The second-order valence-corrected chi connectivity index (χ2v) is 4.32. The maximum absolute atomic E-state index is 9.14. The molecule has 0 amide bonds. The van der Waals surface area contributed by atoms with Gasteiger partial charge in [-0.25, -0.2) is 4.98 Å². The topological polar surface area (TPSA) is 42.4 Å². The highest BCUT2D eigenvalue weighted by atomic mass is 127. The van der Waals surface area contributed by atoms with Crippen LogP contribution in [0.15, 0.2) is 42.6 Å². The Hall–Kier alpha value is -1.14. The number of aliphatic hydroxyl groups is 1. The summed E-state index contributed by atoms with van der Waals surface area (Å²) in [6.45, 7) is -0.0768. The highest BCUT2D eigenvalue weighted by Gasteiger charge is 2.06. The SMILES string of the molecule is OCc1cccnc1Oc1ccccc1I. The van der Waals surface area contributed by atoms with Gasteiger partial charge in [0.1, 0.15) is 5.75 Å². The number of benzene rings is 1. The fraction of sp³-hybridized carbons (Fsp3) is 0.0833. The van der Waals surface area contributed by atoms with Crippen molar-refractivity contribution in [2.75, 3.05) is 0 Å². The summed E-state index contributed by atoms with van der Waals surface area (Å²) in [7, 11) is 0. The number of ether oxygens (including phenoxy) is 1. The predicted octanol–water partition coefficient (Wildman–Crippen LogP) is 2.97. The number of aromatic nitrogens is 1. The van der Waals surface area contributed by atoms with Crippen LogP contribution in [0.3, 0.4) is 0 Å². The molecule has 0 fully saturated rings. The van der Waals surface area contributed by atoms with E-state index in [4.69, 9.17) is 9.84 Å². The van der Waals surface area contributed by atoms with E-state index in [-0.39, 0.29) is 6.61 Å². The van der Waals surface area contributed by atoms with Crippen molar-refractivity contribution in [3.63, 3.8) is 0 Å². The molecule has 82 valence electrons. The van der Waals surface area contributed by atoms with Crippen LogP contribution < -0.4 is 4.74 Å². The lowest BCUT2D eigenvalue weighted by molar-refractivity contribution is 0.275. The van der Waals surface area contributed by atoms with Gasteiger partial charge in [0.25, 0.3) is 0 Å². The number of rotatable bonds is 3. The number of para-hydroxylation sites is 1. The first kappa shape index (κ1) is 11.3. The van der Waals surface area contributed by atoms with Gasteiger partial charge in [-0.05, 0) is 46.9 Å². The minimum Gasteiger partial charge on any atom is -0.438 e. The number of pyridine rings is 1. The van der Waals surface area contributed by atoms with E-state index >= 15 is 0 Å². The summed E-state index contributed by atoms with van der Waals surface area (Å²) in [6.07, 6.45) is 1.64. The van der Waals surface area contributed by atoms with Crippen LogP contribution in [0, 0.1) is 3.57 Å². The van der Waals surface area contributed by atoms with Crippen LogP contribution >= 0.6 is 22.6 Å². The fourth-order valence-electron chi connectivity index (χ4n) is 1.27. The van der Waals surface area contributed by atoms with Gasteiger partial charge in [-0.1, -0.05) is 12.1 Å². The summed E-state index contributed by atoms with van der Waals surface area (Å²) >= 11 is 2.20. The second kappa shape index (κ2) is 5.27. The van der Waals surface area contributed by atoms with Gasteiger partial charge in [0.2, 0.25) is 5.88 Å². The van der Waals surface area contributed by atoms with Crippen molar-refractivity contribution < 1.29 is 9.84 Å². The third kappa shape index (κ3) is 2.51. The van der Waals surface area contributed by atoms with Gasteiger partial charge in [-0.3, -0.25) is 0 Å². The molecule has 0 spiro atoms. The maximum atomic E-state index is 9.14. The summed E-state index contributed by atoms with van der Waals surface area (Å²) in [5.74, 6) is 1.20. The molecule has 4 heteroatoms. The summed E-state index contributed by atoms with van der Waals surface area (Å²) in [5.41, 5.74) is 0.683. The number of hydrogen-bond donors (Lipinski definition) is 1. The molecule has 0 aliphatic rings. The minimum atomic E-state index is -0.0768. The van der Waals surface area contributed by atoms with Crippen LogP contribution in [0.25, 0.3) is 0 Å². The Kier molecular flexibility index (Phi) is 3.74. The Balaban J connectivity index is 2.30. The van der Waals surface area contributed by atoms with Crippen molar-refractivity contribution in [1.82, 2.24) is 4.98 Å². The van der Waals surface area contributed by atoms with Gasteiger partial charge in [-0.2, -0.15) is 0 Å². The number of halogens is 1. The Labute approximate surface area is 107 Å². The Morgan fingerprint density at radius 2 is 2.00 bits per heavy atom. The van der Waals surface area contributed by atoms with E-state index in [0.717, 1.165) is 9.32 Å². The van der Waals surface area contributed by atoms with E-state index in [1.54, 1.807) is 18.3 Å². The van der Waals surface area contributed by atoms with Crippen LogP contribution in [0.1, 0.15) is 5.56 Å². The van der Waals surface area contributed by atoms with E-state index < -0.39 is 0 Å². The molecule has 0 radical (unpaired) electrons. The standard InChI is InChI=1S/C12H10INO2/c13-10-5-1-2-6-11(10)16-12-9(8-15)4-3-7-14-12/h1-7,15H,8H2. The van der Waals surface area contributed by atoms with Crippen molar-refractivity contribution in [2.24, 2.45) is 0 Å². The van der Waals surface area contributed by atoms with Gasteiger partial charge < -0.3 is 9.84 Å². The normalized spacial score (nSPS) is 10.1. The van der Waals surface area contributed by atoms with Gasteiger partial charge in [0.05, 0.1) is 10.2 Å². The molecule has 1 aromatic carbocycles. The lowest BCUT2D eigenvalue weighted by Crippen LogP contribution is -1.95. The average Bonchev–Trinajstić information content (AvgIpc) is 2.33. The number of nitrogens with zero attached hydrogens (tertiary/aromatic N) is 1. The van der Waals surface area contributed by atoms with Crippen LogP contribution in [-0.4, -0.2) is 10.1 Å². The smallest absolute Gasteiger partial charge is 0.224 e. The van der Waals surface area contributed by atoms with Crippen LogP contribution in [-0.2, 0) is 6.61 Å². The molecule has 1 aromatic heterocycles. The Bertz CT molecular complexity index is 488. The maximum Gasteiger partial charge on any atom is 0.224 e. The van der Waals surface area contributed by atoms with E-state index in [1.165, 1.54) is 0 Å². The summed E-state index contributed by atoms with van der Waals surface area (Å²) < 4.78 is 6.66. The molecule has 2 rings (SSSR count). The largest absolute Gasteiger partial charge is 0.438 e. The molecule has 16 heavy (non-hydrogen) atoms. The van der Waals surface area contributed by atoms with Crippen LogP contribution in [0.2, 0.25) is 0 Å². The lowest BCUT2D eigenvalue weighted by atomic mass is 10.3.